The number of sulfonamides is 1. The van der Waals surface area contributed by atoms with Gasteiger partial charge >= 0.3 is 0 Å². The molecule has 5 heteroatoms. The maximum absolute atomic E-state index is 13.2. The molecule has 1 N–H and O–H groups in total. The predicted molar refractivity (Wildman–Crippen MR) is 81.1 cm³/mol. The molecule has 0 heterocycles. The largest absolute Gasteiger partial charge is 0.241 e. The monoisotopic (exact) mass is 307 g/mol. The molecule has 0 amide bonds. The van der Waals surface area contributed by atoms with Crippen LogP contribution in [-0.2, 0) is 10.0 Å². The van der Waals surface area contributed by atoms with Crippen LogP contribution in [0.2, 0.25) is 0 Å². The first-order valence-electron chi connectivity index (χ1n) is 6.64. The van der Waals surface area contributed by atoms with E-state index >= 15 is 0 Å². The van der Waals surface area contributed by atoms with E-state index in [0.29, 0.717) is 5.56 Å². The van der Waals surface area contributed by atoms with Crippen LogP contribution in [0.25, 0.3) is 0 Å². The van der Waals surface area contributed by atoms with Crippen LogP contribution in [0.1, 0.15) is 29.7 Å². The molecular formula is C16H18FNO2S. The van der Waals surface area contributed by atoms with Crippen LogP contribution in [0.5, 0.6) is 0 Å². The second-order valence-electron chi connectivity index (χ2n) is 5.16. The van der Waals surface area contributed by atoms with Crippen molar-refractivity contribution in [1.82, 2.24) is 4.72 Å². The van der Waals surface area contributed by atoms with E-state index in [2.05, 4.69) is 4.72 Å². The van der Waals surface area contributed by atoms with E-state index in [0.717, 1.165) is 11.1 Å². The first kappa shape index (κ1) is 15.7. The number of aryl methyl sites for hydroxylation is 2. The van der Waals surface area contributed by atoms with Crippen LogP contribution < -0.4 is 4.72 Å². The fourth-order valence-corrected chi connectivity index (χ4v) is 3.33. The summed E-state index contributed by atoms with van der Waals surface area (Å²) in [5, 5.41) is 0. The molecule has 0 fully saturated rings. The maximum Gasteiger partial charge on any atom is 0.241 e. The summed E-state index contributed by atoms with van der Waals surface area (Å²) in [6, 6.07) is 11.1. The number of hydrogen-bond donors (Lipinski definition) is 1. The molecule has 2 aromatic rings. The van der Waals surface area contributed by atoms with Crippen molar-refractivity contribution in [3.8, 4) is 0 Å². The first-order chi connectivity index (χ1) is 9.79. The standard InChI is InChI=1S/C16H18FNO2S/c1-11-4-6-14(7-5-11)13(3)18-21(19,20)15-8-9-16(17)12(2)10-15/h4-10,13,18H,1-3H3/t13-/m0/s1. The maximum atomic E-state index is 13.2. The molecular weight excluding hydrogens is 289 g/mol. The number of hydrogen-bond acceptors (Lipinski definition) is 2. The molecule has 0 radical (unpaired) electrons. The van der Waals surface area contributed by atoms with Gasteiger partial charge in [-0.1, -0.05) is 29.8 Å². The third kappa shape index (κ3) is 3.68. The van der Waals surface area contributed by atoms with Gasteiger partial charge in [-0.2, -0.15) is 0 Å². The summed E-state index contributed by atoms with van der Waals surface area (Å²) in [5.41, 5.74) is 2.30. The van der Waals surface area contributed by atoms with Gasteiger partial charge in [-0.15, -0.1) is 0 Å². The lowest BCUT2D eigenvalue weighted by Gasteiger charge is -2.15. The molecule has 0 aliphatic carbocycles. The Hall–Kier alpha value is -1.72. The molecule has 1 atom stereocenters. The van der Waals surface area contributed by atoms with Gasteiger partial charge in [0.25, 0.3) is 0 Å². The summed E-state index contributed by atoms with van der Waals surface area (Å²) in [7, 11) is -3.67. The Morgan fingerprint density at radius 1 is 1.05 bits per heavy atom. The Kier molecular flexibility index (Phi) is 4.44. The average molecular weight is 307 g/mol. The van der Waals surface area contributed by atoms with Crippen LogP contribution in [-0.4, -0.2) is 8.42 Å². The van der Waals surface area contributed by atoms with Crippen molar-refractivity contribution in [2.24, 2.45) is 0 Å². The smallest absolute Gasteiger partial charge is 0.207 e. The van der Waals surface area contributed by atoms with Crippen molar-refractivity contribution in [2.45, 2.75) is 31.7 Å². The zero-order chi connectivity index (χ0) is 15.6. The third-order valence-electron chi connectivity index (χ3n) is 3.35. The van der Waals surface area contributed by atoms with Crippen LogP contribution in [0, 0.1) is 19.7 Å². The Labute approximate surface area is 124 Å². The summed E-state index contributed by atoms with van der Waals surface area (Å²) >= 11 is 0. The van der Waals surface area contributed by atoms with Gasteiger partial charge in [0, 0.05) is 6.04 Å². The zero-order valence-electron chi connectivity index (χ0n) is 12.2. The van der Waals surface area contributed by atoms with E-state index in [1.807, 2.05) is 31.2 Å². The van der Waals surface area contributed by atoms with Gasteiger partial charge in [0.15, 0.2) is 0 Å². The van der Waals surface area contributed by atoms with Gasteiger partial charge in [-0.05, 0) is 50.1 Å². The van der Waals surface area contributed by atoms with E-state index in [9.17, 15) is 12.8 Å². The average Bonchev–Trinajstić information content (AvgIpc) is 2.42. The SMILES string of the molecule is Cc1ccc([C@H](C)NS(=O)(=O)c2ccc(F)c(C)c2)cc1. The number of halogens is 1. The first-order valence-corrected chi connectivity index (χ1v) is 8.13. The van der Waals surface area contributed by atoms with Crippen LogP contribution in [0.15, 0.2) is 47.4 Å². The lowest BCUT2D eigenvalue weighted by atomic mass is 10.1. The fourth-order valence-electron chi connectivity index (χ4n) is 2.01. The van der Waals surface area contributed by atoms with E-state index in [4.69, 9.17) is 0 Å². The minimum absolute atomic E-state index is 0.0698. The molecule has 0 spiro atoms. The molecule has 0 saturated carbocycles. The molecule has 0 unspecified atom stereocenters. The van der Waals surface area contributed by atoms with Gasteiger partial charge in [0.05, 0.1) is 4.90 Å². The highest BCUT2D eigenvalue weighted by atomic mass is 32.2. The Balaban J connectivity index is 2.24. The molecule has 0 bridgehead atoms. The van der Waals surface area contributed by atoms with Crippen LogP contribution >= 0.6 is 0 Å². The molecule has 2 rings (SSSR count). The molecule has 0 saturated heterocycles. The summed E-state index contributed by atoms with van der Waals surface area (Å²) in [5.74, 6) is -0.416. The second-order valence-corrected chi connectivity index (χ2v) is 6.88. The van der Waals surface area contributed by atoms with Crippen LogP contribution in [0.4, 0.5) is 4.39 Å². The van der Waals surface area contributed by atoms with Gasteiger partial charge in [0.1, 0.15) is 5.82 Å². The Morgan fingerprint density at radius 3 is 2.24 bits per heavy atom. The lowest BCUT2D eigenvalue weighted by molar-refractivity contribution is 0.566. The minimum Gasteiger partial charge on any atom is -0.207 e. The van der Waals surface area contributed by atoms with E-state index in [1.54, 1.807) is 6.92 Å². The zero-order valence-corrected chi connectivity index (χ0v) is 13.0. The summed E-state index contributed by atoms with van der Waals surface area (Å²) in [4.78, 5) is 0.0698. The molecule has 3 nitrogen and oxygen atoms in total. The van der Waals surface area contributed by atoms with Crippen molar-refractivity contribution in [1.29, 1.82) is 0 Å². The van der Waals surface area contributed by atoms with Gasteiger partial charge in [0.2, 0.25) is 10.0 Å². The fraction of sp³-hybridized carbons (Fsp3) is 0.250. The van der Waals surface area contributed by atoms with E-state index in [1.165, 1.54) is 25.1 Å². The van der Waals surface area contributed by atoms with Crippen molar-refractivity contribution in [3.05, 3.63) is 65.0 Å². The minimum atomic E-state index is -3.67. The highest BCUT2D eigenvalue weighted by Crippen LogP contribution is 2.19. The van der Waals surface area contributed by atoms with Gasteiger partial charge < -0.3 is 0 Å². The van der Waals surface area contributed by atoms with Gasteiger partial charge in [-0.25, -0.2) is 17.5 Å². The lowest BCUT2D eigenvalue weighted by Crippen LogP contribution is -2.27. The highest BCUT2D eigenvalue weighted by molar-refractivity contribution is 7.89. The van der Waals surface area contributed by atoms with Crippen molar-refractivity contribution in [2.75, 3.05) is 0 Å². The third-order valence-corrected chi connectivity index (χ3v) is 4.89. The number of rotatable bonds is 4. The summed E-state index contributed by atoms with van der Waals surface area (Å²) in [6.07, 6.45) is 0. The Morgan fingerprint density at radius 2 is 1.67 bits per heavy atom. The molecule has 21 heavy (non-hydrogen) atoms. The van der Waals surface area contributed by atoms with Gasteiger partial charge in [-0.3, -0.25) is 0 Å². The Bertz CT molecular complexity index is 739. The van der Waals surface area contributed by atoms with E-state index in [-0.39, 0.29) is 10.9 Å². The van der Waals surface area contributed by atoms with E-state index < -0.39 is 15.8 Å². The molecule has 2 aromatic carbocycles. The van der Waals surface area contributed by atoms with Crippen LogP contribution in [0.3, 0.4) is 0 Å². The normalized spacial score (nSPS) is 13.1. The number of benzene rings is 2. The summed E-state index contributed by atoms with van der Waals surface area (Å²) < 4.78 is 40.5. The van der Waals surface area contributed by atoms with Crippen molar-refractivity contribution >= 4 is 10.0 Å². The topological polar surface area (TPSA) is 46.2 Å². The molecule has 0 aromatic heterocycles. The molecule has 0 aliphatic heterocycles. The summed E-state index contributed by atoms with van der Waals surface area (Å²) in [6.45, 7) is 5.29. The quantitative estimate of drug-likeness (QED) is 0.940. The molecule has 112 valence electrons. The van der Waals surface area contributed by atoms with Crippen molar-refractivity contribution < 1.29 is 12.8 Å². The predicted octanol–water partition coefficient (Wildman–Crippen LogP) is 3.48. The highest BCUT2D eigenvalue weighted by Gasteiger charge is 2.19. The van der Waals surface area contributed by atoms with Crippen molar-refractivity contribution in [3.63, 3.8) is 0 Å². The molecule has 0 aliphatic rings. The number of nitrogens with one attached hydrogen (secondary N) is 1. The second kappa shape index (κ2) is 5.95.